The van der Waals surface area contributed by atoms with Crippen molar-refractivity contribution in [2.24, 2.45) is 0 Å². The van der Waals surface area contributed by atoms with Crippen molar-refractivity contribution in [3.63, 3.8) is 0 Å². The van der Waals surface area contributed by atoms with Crippen molar-refractivity contribution in [1.82, 2.24) is 0 Å². The molecule has 1 aromatic carbocycles. The minimum Gasteiger partial charge on any atom is -0.458 e. The van der Waals surface area contributed by atoms with Gasteiger partial charge in [-0.3, -0.25) is 0 Å². The molecule has 0 saturated heterocycles. The number of carbonyl (C=O) groups is 1. The molecule has 86 valence electrons. The van der Waals surface area contributed by atoms with E-state index in [1.807, 2.05) is 24.3 Å². The maximum atomic E-state index is 11.5. The molecule has 0 saturated carbocycles. The van der Waals surface area contributed by atoms with Crippen LogP contribution in [0.15, 0.2) is 42.5 Å². The van der Waals surface area contributed by atoms with Gasteiger partial charge in [0, 0.05) is 0 Å². The normalized spacial score (nSPS) is 10.6. The lowest BCUT2D eigenvalue weighted by molar-refractivity contribution is 0.0549. The summed E-state index contributed by atoms with van der Waals surface area (Å²) in [5.41, 5.74) is 0.601. The van der Waals surface area contributed by atoms with Crippen LogP contribution in [0.3, 0.4) is 0 Å². The topological polar surface area (TPSA) is 26.3 Å². The van der Waals surface area contributed by atoms with Gasteiger partial charge in [-0.2, -0.15) is 0 Å². The second kappa shape index (κ2) is 7.69. The minimum atomic E-state index is -0.263. The molecule has 0 heterocycles. The van der Waals surface area contributed by atoms with Crippen LogP contribution < -0.4 is 0 Å². The number of hydrogen-bond acceptors (Lipinski definition) is 2. The highest BCUT2D eigenvalue weighted by Gasteiger charge is 2.03. The van der Waals surface area contributed by atoms with E-state index in [0.717, 1.165) is 6.42 Å². The average molecular weight is 218 g/mol. The van der Waals surface area contributed by atoms with E-state index >= 15 is 0 Å². The molecule has 0 bridgehead atoms. The predicted octanol–water partition coefficient (Wildman–Crippen LogP) is 3.59. The number of benzene rings is 1. The van der Waals surface area contributed by atoms with E-state index in [0.29, 0.717) is 12.2 Å². The average Bonchev–Trinajstić information content (AvgIpc) is 2.34. The van der Waals surface area contributed by atoms with Crippen LogP contribution in [0.2, 0.25) is 0 Å². The number of unbranched alkanes of at least 4 members (excludes halogenated alkanes) is 2. The quantitative estimate of drug-likeness (QED) is 0.414. The van der Waals surface area contributed by atoms with Crippen LogP contribution in [-0.2, 0) is 4.74 Å². The van der Waals surface area contributed by atoms with Crippen molar-refractivity contribution in [1.29, 1.82) is 0 Å². The summed E-state index contributed by atoms with van der Waals surface area (Å²) in [6.07, 6.45) is 7.38. The van der Waals surface area contributed by atoms with Crippen LogP contribution in [0.25, 0.3) is 0 Å². The maximum absolute atomic E-state index is 11.5. The van der Waals surface area contributed by atoms with Gasteiger partial charge in [-0.15, -0.1) is 0 Å². The summed E-state index contributed by atoms with van der Waals surface area (Å²) >= 11 is 0. The van der Waals surface area contributed by atoms with E-state index in [-0.39, 0.29) is 5.97 Å². The lowest BCUT2D eigenvalue weighted by Gasteiger charge is -2.00. The Morgan fingerprint density at radius 1 is 1.25 bits per heavy atom. The first kappa shape index (κ1) is 12.5. The fourth-order valence-corrected chi connectivity index (χ4v) is 1.29. The van der Waals surface area contributed by atoms with E-state index in [4.69, 9.17) is 4.74 Å². The van der Waals surface area contributed by atoms with Crippen molar-refractivity contribution < 1.29 is 9.53 Å². The summed E-state index contributed by atoms with van der Waals surface area (Å²) in [5.74, 6) is -0.263. The van der Waals surface area contributed by atoms with Gasteiger partial charge in [0.1, 0.15) is 6.61 Å². The Kier molecular flexibility index (Phi) is 6.00. The highest BCUT2D eigenvalue weighted by atomic mass is 16.5. The first-order valence-corrected chi connectivity index (χ1v) is 5.71. The van der Waals surface area contributed by atoms with Crippen LogP contribution >= 0.6 is 0 Å². The molecule has 0 aromatic heterocycles. The minimum absolute atomic E-state index is 0.263. The van der Waals surface area contributed by atoms with Gasteiger partial charge in [0.15, 0.2) is 0 Å². The van der Waals surface area contributed by atoms with Gasteiger partial charge in [-0.25, -0.2) is 4.79 Å². The second-order valence-electron chi connectivity index (χ2n) is 3.58. The van der Waals surface area contributed by atoms with E-state index in [1.165, 1.54) is 12.8 Å². The van der Waals surface area contributed by atoms with Gasteiger partial charge < -0.3 is 4.74 Å². The Labute approximate surface area is 96.9 Å². The first-order valence-electron chi connectivity index (χ1n) is 5.71. The van der Waals surface area contributed by atoms with Crippen LogP contribution in [0, 0.1) is 0 Å². The molecule has 0 radical (unpaired) electrons. The summed E-state index contributed by atoms with van der Waals surface area (Å²) in [7, 11) is 0. The van der Waals surface area contributed by atoms with Crippen molar-refractivity contribution in [3.05, 3.63) is 48.0 Å². The molecular weight excluding hydrogens is 200 g/mol. The SMILES string of the molecule is CCCC/C=C\COC(=O)c1ccccc1. The maximum Gasteiger partial charge on any atom is 0.338 e. The largest absolute Gasteiger partial charge is 0.458 e. The van der Waals surface area contributed by atoms with Crippen LogP contribution in [0.1, 0.15) is 36.5 Å². The first-order chi connectivity index (χ1) is 7.84. The van der Waals surface area contributed by atoms with Crippen LogP contribution in [0.4, 0.5) is 0 Å². The molecule has 2 nitrogen and oxygen atoms in total. The smallest absolute Gasteiger partial charge is 0.338 e. The summed E-state index contributed by atoms with van der Waals surface area (Å²) in [6.45, 7) is 2.51. The molecule has 16 heavy (non-hydrogen) atoms. The lowest BCUT2D eigenvalue weighted by atomic mass is 10.2. The Balaban J connectivity index is 2.23. The van der Waals surface area contributed by atoms with Gasteiger partial charge in [0.25, 0.3) is 0 Å². The molecule has 0 aliphatic heterocycles. The number of rotatable bonds is 6. The van der Waals surface area contributed by atoms with Crippen molar-refractivity contribution in [2.75, 3.05) is 6.61 Å². The van der Waals surface area contributed by atoms with E-state index in [9.17, 15) is 4.79 Å². The Bertz CT molecular complexity index is 328. The molecule has 0 aliphatic carbocycles. The number of allylic oxidation sites excluding steroid dienone is 1. The lowest BCUT2D eigenvalue weighted by Crippen LogP contribution is -2.04. The van der Waals surface area contributed by atoms with Crippen molar-refractivity contribution >= 4 is 5.97 Å². The summed E-state index contributed by atoms with van der Waals surface area (Å²) in [6, 6.07) is 9.04. The fourth-order valence-electron chi connectivity index (χ4n) is 1.29. The number of esters is 1. The Morgan fingerprint density at radius 3 is 2.69 bits per heavy atom. The molecule has 0 aliphatic rings. The molecule has 1 aromatic rings. The van der Waals surface area contributed by atoms with Crippen molar-refractivity contribution in [2.45, 2.75) is 26.2 Å². The highest BCUT2D eigenvalue weighted by Crippen LogP contribution is 2.01. The van der Waals surface area contributed by atoms with Crippen LogP contribution in [0.5, 0.6) is 0 Å². The van der Waals surface area contributed by atoms with Gasteiger partial charge in [-0.05, 0) is 18.6 Å². The zero-order valence-electron chi connectivity index (χ0n) is 9.69. The zero-order valence-corrected chi connectivity index (χ0v) is 9.69. The molecular formula is C14H18O2. The third-order valence-corrected chi connectivity index (χ3v) is 2.21. The number of carbonyl (C=O) groups excluding carboxylic acids is 1. The molecule has 0 amide bonds. The standard InChI is InChI=1S/C14H18O2/c1-2-3-4-5-9-12-16-14(15)13-10-7-6-8-11-13/h5-11H,2-4,12H2,1H3/b9-5-. The predicted molar refractivity (Wildman–Crippen MR) is 65.4 cm³/mol. The zero-order chi connectivity index (χ0) is 11.6. The second-order valence-corrected chi connectivity index (χ2v) is 3.58. The summed E-state index contributed by atoms with van der Waals surface area (Å²) in [5, 5.41) is 0. The molecule has 0 unspecified atom stereocenters. The van der Waals surface area contributed by atoms with Gasteiger partial charge in [0.2, 0.25) is 0 Å². The fraction of sp³-hybridized carbons (Fsp3) is 0.357. The summed E-state index contributed by atoms with van der Waals surface area (Å²) < 4.78 is 5.08. The van der Waals surface area contributed by atoms with Gasteiger partial charge in [0.05, 0.1) is 5.56 Å². The molecule has 2 heteroatoms. The summed E-state index contributed by atoms with van der Waals surface area (Å²) in [4.78, 5) is 11.5. The highest BCUT2D eigenvalue weighted by molar-refractivity contribution is 5.89. The van der Waals surface area contributed by atoms with Crippen LogP contribution in [-0.4, -0.2) is 12.6 Å². The van der Waals surface area contributed by atoms with Gasteiger partial charge in [-0.1, -0.05) is 50.1 Å². The molecule has 0 N–H and O–H groups in total. The van der Waals surface area contributed by atoms with E-state index < -0.39 is 0 Å². The number of hydrogen-bond donors (Lipinski definition) is 0. The Hall–Kier alpha value is -1.57. The Morgan fingerprint density at radius 2 is 2.00 bits per heavy atom. The molecule has 0 spiro atoms. The van der Waals surface area contributed by atoms with Crippen molar-refractivity contribution in [3.8, 4) is 0 Å². The molecule has 0 atom stereocenters. The monoisotopic (exact) mass is 218 g/mol. The van der Waals surface area contributed by atoms with E-state index in [1.54, 1.807) is 12.1 Å². The molecule has 1 rings (SSSR count). The third-order valence-electron chi connectivity index (χ3n) is 2.21. The van der Waals surface area contributed by atoms with Gasteiger partial charge >= 0.3 is 5.97 Å². The third kappa shape index (κ3) is 4.78. The molecule has 0 fully saturated rings. The number of ether oxygens (including phenoxy) is 1. The van der Waals surface area contributed by atoms with E-state index in [2.05, 4.69) is 13.0 Å².